The smallest absolute Gasteiger partial charge is 0.0506 e. The molecule has 1 unspecified atom stereocenters. The van der Waals surface area contributed by atoms with Gasteiger partial charge in [0.15, 0.2) is 0 Å². The molecule has 0 saturated carbocycles. The SMILES string of the molecule is Cc1cc(-c2ccccc2)ccc1N1c2ccccc2C(C)(c2ccccc2)c2cc(-c3ccccc3)ccc21. The highest BCUT2D eigenvalue weighted by atomic mass is 15.2. The van der Waals surface area contributed by atoms with Crippen LogP contribution in [-0.2, 0) is 5.41 Å². The van der Waals surface area contributed by atoms with E-state index in [0.29, 0.717) is 0 Å². The van der Waals surface area contributed by atoms with Crippen LogP contribution in [0.5, 0.6) is 0 Å². The highest BCUT2D eigenvalue weighted by molar-refractivity contribution is 5.90. The summed E-state index contributed by atoms with van der Waals surface area (Å²) in [7, 11) is 0. The molecule has 0 fully saturated rings. The first-order chi connectivity index (χ1) is 19.6. The van der Waals surface area contributed by atoms with Crippen molar-refractivity contribution in [3.63, 3.8) is 0 Å². The maximum atomic E-state index is 2.47. The average molecular weight is 514 g/mol. The van der Waals surface area contributed by atoms with Crippen LogP contribution in [0.2, 0.25) is 0 Å². The Kier molecular flexibility index (Phi) is 5.86. The molecule has 6 aromatic rings. The minimum absolute atomic E-state index is 0.313. The van der Waals surface area contributed by atoms with Gasteiger partial charge in [0.05, 0.1) is 11.4 Å². The van der Waals surface area contributed by atoms with Gasteiger partial charge in [-0.15, -0.1) is 0 Å². The number of fused-ring (bicyclic) bond motifs is 2. The van der Waals surface area contributed by atoms with E-state index in [1.807, 2.05) is 0 Å². The Morgan fingerprint density at radius 1 is 0.425 bits per heavy atom. The maximum absolute atomic E-state index is 2.47. The summed E-state index contributed by atoms with van der Waals surface area (Å²) in [6.07, 6.45) is 0. The third-order valence-electron chi connectivity index (χ3n) is 8.46. The highest BCUT2D eigenvalue weighted by Gasteiger charge is 2.41. The molecule has 1 aliphatic heterocycles. The summed E-state index contributed by atoms with van der Waals surface area (Å²) in [5.41, 5.74) is 13.4. The van der Waals surface area contributed by atoms with Crippen LogP contribution in [-0.4, -0.2) is 0 Å². The lowest BCUT2D eigenvalue weighted by atomic mass is 9.67. The summed E-state index contributed by atoms with van der Waals surface area (Å²) in [5, 5.41) is 0. The van der Waals surface area contributed by atoms with Crippen molar-refractivity contribution in [1.82, 2.24) is 0 Å². The van der Waals surface area contributed by atoms with Gasteiger partial charge in [0.2, 0.25) is 0 Å². The molecule has 0 aliphatic carbocycles. The summed E-state index contributed by atoms with van der Waals surface area (Å²) in [5.74, 6) is 0. The Bertz CT molecular complexity index is 1810. The first-order valence-electron chi connectivity index (χ1n) is 14.0. The molecular formula is C39H31N. The van der Waals surface area contributed by atoms with Crippen LogP contribution in [0.3, 0.4) is 0 Å². The van der Waals surface area contributed by atoms with E-state index in [-0.39, 0.29) is 5.41 Å². The first-order valence-corrected chi connectivity index (χ1v) is 14.0. The lowest BCUT2D eigenvalue weighted by Gasteiger charge is -2.44. The summed E-state index contributed by atoms with van der Waals surface area (Å²) < 4.78 is 0. The second kappa shape index (κ2) is 9.70. The van der Waals surface area contributed by atoms with Crippen LogP contribution in [0.4, 0.5) is 17.1 Å². The van der Waals surface area contributed by atoms with Gasteiger partial charge in [-0.1, -0.05) is 121 Å². The van der Waals surface area contributed by atoms with E-state index in [4.69, 9.17) is 0 Å². The molecule has 0 radical (unpaired) electrons. The Morgan fingerprint density at radius 3 is 1.55 bits per heavy atom. The molecule has 7 rings (SSSR count). The van der Waals surface area contributed by atoms with Gasteiger partial charge in [-0.05, 0) is 88.7 Å². The molecule has 1 heteroatoms. The van der Waals surface area contributed by atoms with Crippen molar-refractivity contribution >= 4 is 17.1 Å². The van der Waals surface area contributed by atoms with Crippen molar-refractivity contribution < 1.29 is 0 Å². The Labute approximate surface area is 237 Å². The number of hydrogen-bond donors (Lipinski definition) is 0. The molecule has 0 amide bonds. The fourth-order valence-electron chi connectivity index (χ4n) is 6.37. The molecule has 0 bridgehead atoms. The summed E-state index contributed by atoms with van der Waals surface area (Å²) in [6.45, 7) is 4.62. The monoisotopic (exact) mass is 513 g/mol. The van der Waals surface area contributed by atoms with Gasteiger partial charge in [0, 0.05) is 11.1 Å². The normalized spacial score (nSPS) is 15.8. The summed E-state index contributed by atoms with van der Waals surface area (Å²) >= 11 is 0. The lowest BCUT2D eigenvalue weighted by Crippen LogP contribution is -2.34. The second-order valence-electron chi connectivity index (χ2n) is 10.8. The largest absolute Gasteiger partial charge is 0.310 e. The zero-order chi connectivity index (χ0) is 27.1. The van der Waals surface area contributed by atoms with E-state index >= 15 is 0 Å². The predicted molar refractivity (Wildman–Crippen MR) is 169 cm³/mol. The molecule has 0 spiro atoms. The number of rotatable bonds is 4. The number of para-hydroxylation sites is 1. The van der Waals surface area contributed by atoms with Crippen molar-refractivity contribution in [3.05, 3.63) is 174 Å². The lowest BCUT2D eigenvalue weighted by molar-refractivity contribution is 0.681. The predicted octanol–water partition coefficient (Wildman–Crippen LogP) is 10.5. The molecular weight excluding hydrogens is 482 g/mol. The molecule has 1 aliphatic rings. The van der Waals surface area contributed by atoms with E-state index < -0.39 is 0 Å². The van der Waals surface area contributed by atoms with Gasteiger partial charge in [-0.3, -0.25) is 0 Å². The number of hydrogen-bond acceptors (Lipinski definition) is 1. The molecule has 6 aromatic carbocycles. The minimum atomic E-state index is -0.313. The van der Waals surface area contributed by atoms with Gasteiger partial charge in [-0.2, -0.15) is 0 Å². The Hall–Kier alpha value is -4.88. The molecule has 40 heavy (non-hydrogen) atoms. The number of aryl methyl sites for hydroxylation is 1. The standard InChI is InChI=1S/C39H31N/c1-28-26-31(29-14-6-3-7-15-29)22-24-36(28)40-37-21-13-12-20-34(37)39(2,33-18-10-5-11-19-33)35-27-32(23-25-38(35)40)30-16-8-4-9-17-30/h3-27H,1-2H3. The van der Waals surface area contributed by atoms with Crippen LogP contribution in [0.25, 0.3) is 22.3 Å². The second-order valence-corrected chi connectivity index (χ2v) is 10.8. The zero-order valence-corrected chi connectivity index (χ0v) is 22.9. The third-order valence-corrected chi connectivity index (χ3v) is 8.46. The first kappa shape index (κ1) is 24.2. The van der Waals surface area contributed by atoms with E-state index in [1.54, 1.807) is 0 Å². The quantitative estimate of drug-likeness (QED) is 0.227. The summed E-state index contributed by atoms with van der Waals surface area (Å²) in [4.78, 5) is 2.47. The third kappa shape index (κ3) is 3.86. The molecule has 1 heterocycles. The van der Waals surface area contributed by atoms with E-state index in [2.05, 4.69) is 170 Å². The van der Waals surface area contributed by atoms with Crippen LogP contribution in [0, 0.1) is 6.92 Å². The van der Waals surface area contributed by atoms with Crippen molar-refractivity contribution in [2.45, 2.75) is 19.3 Å². The van der Waals surface area contributed by atoms with E-state index in [1.165, 1.54) is 61.6 Å². The van der Waals surface area contributed by atoms with Crippen molar-refractivity contribution in [3.8, 4) is 22.3 Å². The van der Waals surface area contributed by atoms with Gasteiger partial charge in [0.1, 0.15) is 0 Å². The number of benzene rings is 6. The van der Waals surface area contributed by atoms with Crippen molar-refractivity contribution in [1.29, 1.82) is 0 Å². The molecule has 0 aromatic heterocycles. The fourth-order valence-corrected chi connectivity index (χ4v) is 6.37. The van der Waals surface area contributed by atoms with E-state index in [0.717, 1.165) is 0 Å². The minimum Gasteiger partial charge on any atom is -0.310 e. The fraction of sp³-hybridized carbons (Fsp3) is 0.0769. The molecule has 0 saturated heterocycles. The van der Waals surface area contributed by atoms with Crippen LogP contribution < -0.4 is 4.90 Å². The number of nitrogens with zero attached hydrogens (tertiary/aromatic N) is 1. The Balaban J connectivity index is 1.48. The molecule has 0 N–H and O–H groups in total. The van der Waals surface area contributed by atoms with Crippen LogP contribution in [0.15, 0.2) is 152 Å². The van der Waals surface area contributed by atoms with Crippen molar-refractivity contribution in [2.75, 3.05) is 4.90 Å². The van der Waals surface area contributed by atoms with Gasteiger partial charge in [0.25, 0.3) is 0 Å². The van der Waals surface area contributed by atoms with Gasteiger partial charge >= 0.3 is 0 Å². The van der Waals surface area contributed by atoms with Crippen LogP contribution in [0.1, 0.15) is 29.2 Å². The maximum Gasteiger partial charge on any atom is 0.0506 e. The average Bonchev–Trinajstić information content (AvgIpc) is 3.03. The number of anilines is 3. The highest BCUT2D eigenvalue weighted by Crippen LogP contribution is 2.55. The van der Waals surface area contributed by atoms with E-state index in [9.17, 15) is 0 Å². The summed E-state index contributed by atoms with van der Waals surface area (Å²) in [6, 6.07) is 55.1. The van der Waals surface area contributed by atoms with Crippen molar-refractivity contribution in [2.24, 2.45) is 0 Å². The molecule has 1 atom stereocenters. The van der Waals surface area contributed by atoms with Crippen LogP contribution >= 0.6 is 0 Å². The van der Waals surface area contributed by atoms with Gasteiger partial charge < -0.3 is 4.90 Å². The molecule has 1 nitrogen and oxygen atoms in total. The zero-order valence-electron chi connectivity index (χ0n) is 22.9. The molecule has 192 valence electrons. The topological polar surface area (TPSA) is 3.24 Å². The Morgan fingerprint density at radius 2 is 0.925 bits per heavy atom. The van der Waals surface area contributed by atoms with Gasteiger partial charge in [-0.25, -0.2) is 0 Å².